The second-order valence-electron chi connectivity index (χ2n) is 5.72. The molecule has 0 radical (unpaired) electrons. The van der Waals surface area contributed by atoms with E-state index in [4.69, 9.17) is 0 Å². The summed E-state index contributed by atoms with van der Waals surface area (Å²) in [7, 11) is 0. The lowest BCUT2D eigenvalue weighted by molar-refractivity contribution is -0.146. The van der Waals surface area contributed by atoms with Crippen molar-refractivity contribution in [2.24, 2.45) is 0 Å². The van der Waals surface area contributed by atoms with Crippen LogP contribution in [0.15, 0.2) is 42.7 Å². The van der Waals surface area contributed by atoms with E-state index in [1.54, 1.807) is 30.6 Å². The van der Waals surface area contributed by atoms with E-state index >= 15 is 0 Å². The quantitative estimate of drug-likeness (QED) is 0.777. The Bertz CT molecular complexity index is 933. The van der Waals surface area contributed by atoms with Gasteiger partial charge in [0.05, 0.1) is 23.3 Å². The van der Waals surface area contributed by atoms with Crippen molar-refractivity contribution >= 4 is 22.6 Å². The first-order chi connectivity index (χ1) is 11.8. The van der Waals surface area contributed by atoms with Crippen LogP contribution in [0.1, 0.15) is 25.3 Å². The van der Waals surface area contributed by atoms with Crippen LogP contribution < -0.4 is 5.32 Å². The number of hydrogen-bond acceptors (Lipinski definition) is 3. The molecule has 1 atom stereocenters. The Morgan fingerprint density at radius 1 is 1.24 bits per heavy atom. The predicted octanol–water partition coefficient (Wildman–Crippen LogP) is 4.04. The van der Waals surface area contributed by atoms with E-state index in [1.165, 1.54) is 23.7 Å². The van der Waals surface area contributed by atoms with E-state index in [0.717, 1.165) is 6.92 Å². The van der Waals surface area contributed by atoms with E-state index in [2.05, 4.69) is 15.4 Å². The van der Waals surface area contributed by atoms with Gasteiger partial charge in [0.1, 0.15) is 5.82 Å². The first-order valence-corrected chi connectivity index (χ1v) is 7.54. The van der Waals surface area contributed by atoms with Gasteiger partial charge in [0, 0.05) is 24.6 Å². The van der Waals surface area contributed by atoms with Crippen LogP contribution in [-0.2, 0) is 4.79 Å². The molecule has 0 bridgehead atoms. The molecule has 0 aliphatic rings. The molecule has 1 N–H and O–H groups in total. The number of carbonyl (C=O) groups is 1. The number of carbonyl (C=O) groups excluding carboxylic acids is 1. The van der Waals surface area contributed by atoms with Crippen LogP contribution in [0.2, 0.25) is 0 Å². The summed E-state index contributed by atoms with van der Waals surface area (Å²) in [6, 6.07) is 7.78. The number of anilines is 1. The Morgan fingerprint density at radius 3 is 2.68 bits per heavy atom. The molecule has 5 nitrogen and oxygen atoms in total. The highest BCUT2D eigenvalue weighted by atomic mass is 19.4. The van der Waals surface area contributed by atoms with Gasteiger partial charge in [-0.3, -0.25) is 4.79 Å². The maximum atomic E-state index is 13.0. The molecule has 0 saturated heterocycles. The Balaban J connectivity index is 2.06. The second-order valence-corrected chi connectivity index (χ2v) is 5.72. The number of fused-ring (bicyclic) bond motifs is 1. The summed E-state index contributed by atoms with van der Waals surface area (Å²) in [5.74, 6) is -1.49. The number of aromatic nitrogens is 3. The molecule has 0 saturated carbocycles. The van der Waals surface area contributed by atoms with Crippen LogP contribution in [0.5, 0.6) is 0 Å². The van der Waals surface area contributed by atoms with Gasteiger partial charge >= 0.3 is 6.18 Å². The second kappa shape index (κ2) is 6.19. The van der Waals surface area contributed by atoms with Gasteiger partial charge in [0.2, 0.25) is 5.91 Å². The van der Waals surface area contributed by atoms with Crippen LogP contribution in [0, 0.1) is 0 Å². The maximum Gasteiger partial charge on any atom is 0.395 e. The number of benzene rings is 1. The zero-order valence-corrected chi connectivity index (χ0v) is 13.5. The summed E-state index contributed by atoms with van der Waals surface area (Å²) in [6.07, 6.45) is -1.20. The normalized spacial score (nSPS) is 13.0. The lowest BCUT2D eigenvalue weighted by atomic mass is 10.0. The third-order valence-electron chi connectivity index (χ3n) is 3.86. The van der Waals surface area contributed by atoms with E-state index < -0.39 is 12.1 Å². The molecule has 0 fully saturated rings. The first kappa shape index (κ1) is 16.9. The smallest absolute Gasteiger partial charge is 0.311 e. The number of rotatable bonds is 3. The molecule has 3 rings (SSSR count). The fourth-order valence-electron chi connectivity index (χ4n) is 2.49. The van der Waals surface area contributed by atoms with Crippen molar-refractivity contribution in [2.45, 2.75) is 25.9 Å². The third kappa shape index (κ3) is 3.47. The standard InChI is InChI=1S/C17H15F3N4O/c1-10(17(18,19)20)12-4-3-5-14(6-12)24-15-7-16(23-11(2)25)21-8-13(15)9-22-24/h3-10H,1-2H3,(H,21,23,25). The van der Waals surface area contributed by atoms with E-state index in [0.29, 0.717) is 22.4 Å². The lowest BCUT2D eigenvalue weighted by Gasteiger charge is -2.16. The molecular weight excluding hydrogens is 333 g/mol. The summed E-state index contributed by atoms with van der Waals surface area (Å²) >= 11 is 0. The van der Waals surface area contributed by atoms with Gasteiger partial charge in [-0.1, -0.05) is 12.1 Å². The summed E-state index contributed by atoms with van der Waals surface area (Å²) < 4.78 is 40.4. The van der Waals surface area contributed by atoms with E-state index in [-0.39, 0.29) is 11.5 Å². The Kier molecular flexibility index (Phi) is 4.20. The summed E-state index contributed by atoms with van der Waals surface area (Å²) in [4.78, 5) is 15.3. The molecule has 3 aromatic rings. The minimum absolute atomic E-state index is 0.157. The molecular formula is C17H15F3N4O. The van der Waals surface area contributed by atoms with Gasteiger partial charge in [-0.25, -0.2) is 9.67 Å². The third-order valence-corrected chi connectivity index (χ3v) is 3.86. The molecule has 25 heavy (non-hydrogen) atoms. The minimum atomic E-state index is -4.31. The van der Waals surface area contributed by atoms with Crippen molar-refractivity contribution in [1.29, 1.82) is 0 Å². The predicted molar refractivity (Wildman–Crippen MR) is 87.6 cm³/mol. The van der Waals surface area contributed by atoms with Gasteiger partial charge in [0.25, 0.3) is 0 Å². The highest BCUT2D eigenvalue weighted by Gasteiger charge is 2.37. The van der Waals surface area contributed by atoms with Crippen molar-refractivity contribution in [2.75, 3.05) is 5.32 Å². The van der Waals surface area contributed by atoms with Crippen molar-refractivity contribution < 1.29 is 18.0 Å². The SMILES string of the molecule is CC(=O)Nc1cc2c(cn1)cnn2-c1cccc(C(C)C(F)(F)F)c1. The van der Waals surface area contributed by atoms with Crippen LogP contribution in [0.25, 0.3) is 16.6 Å². The minimum Gasteiger partial charge on any atom is -0.311 e. The number of halogens is 3. The number of amides is 1. The van der Waals surface area contributed by atoms with E-state index in [9.17, 15) is 18.0 Å². The zero-order valence-electron chi connectivity index (χ0n) is 13.5. The molecule has 0 spiro atoms. The van der Waals surface area contributed by atoms with Gasteiger partial charge in [-0.15, -0.1) is 0 Å². The van der Waals surface area contributed by atoms with Gasteiger partial charge < -0.3 is 5.32 Å². The van der Waals surface area contributed by atoms with Crippen molar-refractivity contribution in [3.63, 3.8) is 0 Å². The van der Waals surface area contributed by atoms with Crippen molar-refractivity contribution in [1.82, 2.24) is 14.8 Å². The van der Waals surface area contributed by atoms with Crippen LogP contribution in [0.3, 0.4) is 0 Å². The number of nitrogens with zero attached hydrogens (tertiary/aromatic N) is 3. The van der Waals surface area contributed by atoms with Crippen LogP contribution in [0.4, 0.5) is 19.0 Å². The molecule has 2 aromatic heterocycles. The van der Waals surface area contributed by atoms with E-state index in [1.807, 2.05) is 0 Å². The van der Waals surface area contributed by atoms with Gasteiger partial charge in [-0.05, 0) is 24.6 Å². The number of alkyl halides is 3. The van der Waals surface area contributed by atoms with Crippen LogP contribution >= 0.6 is 0 Å². The number of nitrogens with one attached hydrogen (secondary N) is 1. The maximum absolute atomic E-state index is 13.0. The lowest BCUT2D eigenvalue weighted by Crippen LogP contribution is -2.17. The molecule has 130 valence electrons. The summed E-state index contributed by atoms with van der Waals surface area (Å²) in [6.45, 7) is 2.49. The zero-order chi connectivity index (χ0) is 18.2. The molecule has 1 aromatic carbocycles. The van der Waals surface area contributed by atoms with Gasteiger partial charge in [-0.2, -0.15) is 18.3 Å². The number of pyridine rings is 1. The Labute approximate surface area is 141 Å². The average molecular weight is 348 g/mol. The molecule has 0 aliphatic carbocycles. The fourth-order valence-corrected chi connectivity index (χ4v) is 2.49. The van der Waals surface area contributed by atoms with Crippen molar-refractivity contribution in [3.05, 3.63) is 48.3 Å². The Morgan fingerprint density at radius 2 is 2.00 bits per heavy atom. The highest BCUT2D eigenvalue weighted by Crippen LogP contribution is 2.35. The highest BCUT2D eigenvalue weighted by molar-refractivity contribution is 5.90. The molecule has 0 aliphatic heterocycles. The topological polar surface area (TPSA) is 59.8 Å². The largest absolute Gasteiger partial charge is 0.395 e. The monoisotopic (exact) mass is 348 g/mol. The molecule has 8 heteroatoms. The molecule has 2 heterocycles. The number of hydrogen-bond donors (Lipinski definition) is 1. The molecule has 1 unspecified atom stereocenters. The van der Waals surface area contributed by atoms with Crippen molar-refractivity contribution in [3.8, 4) is 5.69 Å². The van der Waals surface area contributed by atoms with Gasteiger partial charge in [0.15, 0.2) is 0 Å². The average Bonchev–Trinajstić information content (AvgIpc) is 2.96. The summed E-state index contributed by atoms with van der Waals surface area (Å²) in [5, 5.41) is 7.52. The first-order valence-electron chi connectivity index (χ1n) is 7.54. The summed E-state index contributed by atoms with van der Waals surface area (Å²) in [5.41, 5.74) is 1.30. The molecule has 1 amide bonds. The Hall–Kier alpha value is -2.90. The fraction of sp³-hybridized carbons (Fsp3) is 0.235. The van der Waals surface area contributed by atoms with Crippen LogP contribution in [-0.4, -0.2) is 26.8 Å².